The Kier molecular flexibility index (Phi) is 4.56. The maximum atomic E-state index is 11.6. The van der Waals surface area contributed by atoms with Crippen molar-refractivity contribution in [1.29, 1.82) is 0 Å². The van der Waals surface area contributed by atoms with E-state index in [1.165, 1.54) is 11.8 Å². The Morgan fingerprint density at radius 3 is 3.11 bits per heavy atom. The van der Waals surface area contributed by atoms with E-state index in [0.717, 1.165) is 18.7 Å². The summed E-state index contributed by atoms with van der Waals surface area (Å²) in [7, 11) is 0. The molecule has 0 saturated carbocycles. The Balaban J connectivity index is 1.79. The summed E-state index contributed by atoms with van der Waals surface area (Å²) in [5, 5.41) is 13.8. The third kappa shape index (κ3) is 4.09. The number of H-pyrrole nitrogens is 1. The lowest BCUT2D eigenvalue weighted by Gasteiger charge is -1.98. The van der Waals surface area contributed by atoms with Crippen LogP contribution in [0.15, 0.2) is 15.7 Å². The van der Waals surface area contributed by atoms with Crippen LogP contribution in [0.25, 0.3) is 0 Å². The Morgan fingerprint density at radius 1 is 1.58 bits per heavy atom. The van der Waals surface area contributed by atoms with Crippen molar-refractivity contribution in [3.05, 3.63) is 17.7 Å². The van der Waals surface area contributed by atoms with Gasteiger partial charge in [0.2, 0.25) is 11.1 Å². The number of aromatic amines is 1. The first-order valence-corrected chi connectivity index (χ1v) is 6.93. The number of rotatable bonds is 6. The summed E-state index contributed by atoms with van der Waals surface area (Å²) in [6.45, 7) is 3.84. The molecular weight excluding hydrogens is 266 g/mol. The van der Waals surface area contributed by atoms with E-state index in [4.69, 9.17) is 4.52 Å². The van der Waals surface area contributed by atoms with Gasteiger partial charge in [-0.2, -0.15) is 0 Å². The van der Waals surface area contributed by atoms with Crippen molar-refractivity contribution in [3.63, 3.8) is 0 Å². The Morgan fingerprint density at radius 2 is 2.42 bits per heavy atom. The molecule has 0 aromatic carbocycles. The van der Waals surface area contributed by atoms with Gasteiger partial charge in [0.05, 0.1) is 5.75 Å². The lowest BCUT2D eigenvalue weighted by molar-refractivity contribution is -0.113. The molecule has 2 rings (SSSR count). The van der Waals surface area contributed by atoms with Gasteiger partial charge in [0.1, 0.15) is 11.6 Å². The van der Waals surface area contributed by atoms with Crippen molar-refractivity contribution in [3.8, 4) is 0 Å². The number of hydrogen-bond donors (Lipinski definition) is 2. The molecule has 8 heteroatoms. The molecule has 2 aromatic rings. The Labute approximate surface area is 114 Å². The van der Waals surface area contributed by atoms with Crippen LogP contribution in [0, 0.1) is 6.92 Å². The van der Waals surface area contributed by atoms with Gasteiger partial charge in [0.25, 0.3) is 0 Å². The summed E-state index contributed by atoms with van der Waals surface area (Å²) >= 11 is 1.28. The van der Waals surface area contributed by atoms with Crippen LogP contribution < -0.4 is 5.32 Å². The molecule has 0 radical (unpaired) electrons. The zero-order valence-corrected chi connectivity index (χ0v) is 11.6. The first-order valence-electron chi connectivity index (χ1n) is 5.94. The highest BCUT2D eigenvalue weighted by molar-refractivity contribution is 7.99. The Hall–Kier alpha value is -1.83. The zero-order valence-electron chi connectivity index (χ0n) is 10.8. The molecule has 2 N–H and O–H groups in total. The van der Waals surface area contributed by atoms with Gasteiger partial charge in [-0.15, -0.1) is 5.10 Å². The van der Waals surface area contributed by atoms with Crippen LogP contribution in [0.4, 0.5) is 5.82 Å². The van der Waals surface area contributed by atoms with Crippen molar-refractivity contribution in [2.45, 2.75) is 31.8 Å². The predicted octanol–water partition coefficient (Wildman–Crippen LogP) is 1.78. The van der Waals surface area contributed by atoms with Crippen LogP contribution in [0.1, 0.15) is 24.9 Å². The molecule has 0 saturated heterocycles. The van der Waals surface area contributed by atoms with Crippen LogP contribution in [-0.2, 0) is 11.2 Å². The molecule has 19 heavy (non-hydrogen) atoms. The van der Waals surface area contributed by atoms with E-state index in [0.29, 0.717) is 16.7 Å². The summed E-state index contributed by atoms with van der Waals surface area (Å²) < 4.78 is 4.86. The van der Waals surface area contributed by atoms with Gasteiger partial charge < -0.3 is 9.84 Å². The minimum absolute atomic E-state index is 0.167. The van der Waals surface area contributed by atoms with E-state index >= 15 is 0 Å². The summed E-state index contributed by atoms with van der Waals surface area (Å²) in [6.07, 6.45) is 1.86. The number of thioether (sulfide) groups is 1. The average Bonchev–Trinajstić information content (AvgIpc) is 2.97. The molecule has 1 amide bonds. The molecule has 2 aromatic heterocycles. The molecule has 0 unspecified atom stereocenters. The minimum atomic E-state index is -0.167. The smallest absolute Gasteiger partial charge is 0.236 e. The van der Waals surface area contributed by atoms with Crippen molar-refractivity contribution in [2.24, 2.45) is 0 Å². The summed E-state index contributed by atoms with van der Waals surface area (Å²) in [4.78, 5) is 15.9. The number of anilines is 1. The second-order valence-electron chi connectivity index (χ2n) is 3.97. The van der Waals surface area contributed by atoms with Gasteiger partial charge in [0, 0.05) is 12.5 Å². The predicted molar refractivity (Wildman–Crippen MR) is 71.0 cm³/mol. The van der Waals surface area contributed by atoms with Crippen LogP contribution in [0.2, 0.25) is 0 Å². The molecule has 0 aliphatic rings. The largest absolute Gasteiger partial charge is 0.360 e. The molecule has 0 atom stereocenters. The number of carbonyl (C=O) groups is 1. The number of carbonyl (C=O) groups excluding carboxylic acids is 1. The van der Waals surface area contributed by atoms with Crippen LogP contribution in [0.5, 0.6) is 0 Å². The molecule has 0 spiro atoms. The van der Waals surface area contributed by atoms with E-state index in [9.17, 15) is 4.79 Å². The number of hydrogen-bond acceptors (Lipinski definition) is 6. The number of nitrogens with zero attached hydrogens (tertiary/aromatic N) is 3. The highest BCUT2D eigenvalue weighted by Crippen LogP contribution is 2.14. The normalized spacial score (nSPS) is 10.6. The van der Waals surface area contributed by atoms with E-state index in [-0.39, 0.29) is 11.7 Å². The molecule has 102 valence electrons. The van der Waals surface area contributed by atoms with Crippen LogP contribution in [-0.4, -0.2) is 32.0 Å². The number of aryl methyl sites for hydroxylation is 2. The first kappa shape index (κ1) is 13.6. The molecule has 2 heterocycles. The Bertz CT molecular complexity index is 551. The molecule has 0 aliphatic heterocycles. The zero-order chi connectivity index (χ0) is 13.7. The monoisotopic (exact) mass is 281 g/mol. The maximum Gasteiger partial charge on any atom is 0.236 e. The third-order valence-electron chi connectivity index (χ3n) is 2.23. The van der Waals surface area contributed by atoms with Gasteiger partial charge in [-0.3, -0.25) is 9.89 Å². The topological polar surface area (TPSA) is 96.7 Å². The summed E-state index contributed by atoms with van der Waals surface area (Å²) in [5.41, 5.74) is 0. The SMILES string of the molecule is CCCc1nc(SCC(=O)Nc2cc(C)on2)n[nH]1. The first-order chi connectivity index (χ1) is 9.17. The fourth-order valence-corrected chi connectivity index (χ4v) is 2.04. The van der Waals surface area contributed by atoms with Crippen LogP contribution >= 0.6 is 11.8 Å². The van der Waals surface area contributed by atoms with E-state index in [1.54, 1.807) is 13.0 Å². The van der Waals surface area contributed by atoms with E-state index in [2.05, 4.69) is 32.6 Å². The van der Waals surface area contributed by atoms with Crippen molar-refractivity contribution >= 4 is 23.5 Å². The molecule has 0 bridgehead atoms. The maximum absolute atomic E-state index is 11.6. The lowest BCUT2D eigenvalue weighted by atomic mass is 10.3. The highest BCUT2D eigenvalue weighted by atomic mass is 32.2. The molecule has 0 fully saturated rings. The third-order valence-corrected chi connectivity index (χ3v) is 3.07. The second kappa shape index (κ2) is 6.37. The standard InChI is InChI=1S/C11H15N5O2S/c1-3-4-8-13-11(15-14-8)19-6-10(17)12-9-5-7(2)18-16-9/h5H,3-4,6H2,1-2H3,(H,12,16,17)(H,13,14,15). The van der Waals surface area contributed by atoms with Crippen LogP contribution in [0.3, 0.4) is 0 Å². The number of aromatic nitrogens is 4. The highest BCUT2D eigenvalue weighted by Gasteiger charge is 2.09. The number of amides is 1. The summed E-state index contributed by atoms with van der Waals surface area (Å²) in [6, 6.07) is 1.66. The quantitative estimate of drug-likeness (QED) is 0.783. The fraction of sp³-hybridized carbons (Fsp3) is 0.455. The number of nitrogens with one attached hydrogen (secondary N) is 2. The minimum Gasteiger partial charge on any atom is -0.360 e. The average molecular weight is 281 g/mol. The van der Waals surface area contributed by atoms with Crippen molar-refractivity contribution in [2.75, 3.05) is 11.1 Å². The molecular formula is C11H15N5O2S. The van der Waals surface area contributed by atoms with Gasteiger partial charge >= 0.3 is 0 Å². The molecule has 0 aliphatic carbocycles. The van der Waals surface area contributed by atoms with Gasteiger partial charge in [0.15, 0.2) is 5.82 Å². The summed E-state index contributed by atoms with van der Waals surface area (Å²) in [5.74, 6) is 1.98. The van der Waals surface area contributed by atoms with Crippen molar-refractivity contribution < 1.29 is 9.32 Å². The van der Waals surface area contributed by atoms with E-state index < -0.39 is 0 Å². The fourth-order valence-electron chi connectivity index (χ4n) is 1.43. The van der Waals surface area contributed by atoms with Gasteiger partial charge in [-0.1, -0.05) is 23.8 Å². The molecule has 7 nitrogen and oxygen atoms in total. The second-order valence-corrected chi connectivity index (χ2v) is 4.92. The van der Waals surface area contributed by atoms with Gasteiger partial charge in [-0.05, 0) is 13.3 Å². The van der Waals surface area contributed by atoms with E-state index in [1.807, 2.05) is 0 Å². The van der Waals surface area contributed by atoms with Gasteiger partial charge in [-0.25, -0.2) is 4.98 Å². The lowest BCUT2D eigenvalue weighted by Crippen LogP contribution is -2.14. The van der Waals surface area contributed by atoms with Crippen molar-refractivity contribution in [1.82, 2.24) is 20.3 Å².